The molecule has 2 aromatic rings. The number of carbonyl (C=O) groups excluding carboxylic acids is 2. The van der Waals surface area contributed by atoms with Crippen LogP contribution in [0, 0.1) is 13.8 Å². The molecular formula is C21H29N5O3. The molecular weight excluding hydrogens is 370 g/mol. The first-order valence-corrected chi connectivity index (χ1v) is 10.0. The van der Waals surface area contributed by atoms with Crippen molar-refractivity contribution < 1.29 is 14.3 Å². The Kier molecular flexibility index (Phi) is 6.87. The molecule has 0 bridgehead atoms. The second-order valence-corrected chi connectivity index (χ2v) is 7.11. The van der Waals surface area contributed by atoms with Crippen LogP contribution in [0.1, 0.15) is 18.3 Å². The average molecular weight is 399 g/mol. The van der Waals surface area contributed by atoms with Crippen molar-refractivity contribution in [3.8, 4) is 5.69 Å². The second kappa shape index (κ2) is 9.56. The van der Waals surface area contributed by atoms with E-state index in [0.29, 0.717) is 6.61 Å². The number of hydrogen-bond donors (Lipinski definition) is 1. The van der Waals surface area contributed by atoms with Gasteiger partial charge in [0, 0.05) is 26.2 Å². The molecule has 0 radical (unpaired) electrons. The van der Waals surface area contributed by atoms with Gasteiger partial charge in [-0.3, -0.25) is 14.5 Å². The van der Waals surface area contributed by atoms with Crippen LogP contribution in [0.5, 0.6) is 0 Å². The maximum absolute atomic E-state index is 12.1. The van der Waals surface area contributed by atoms with Gasteiger partial charge in [0.15, 0.2) is 0 Å². The first-order valence-electron chi connectivity index (χ1n) is 10.0. The summed E-state index contributed by atoms with van der Waals surface area (Å²) >= 11 is 0. The zero-order valence-corrected chi connectivity index (χ0v) is 17.4. The number of rotatable bonds is 7. The summed E-state index contributed by atoms with van der Waals surface area (Å²) in [6.07, 6.45) is 0. The summed E-state index contributed by atoms with van der Waals surface area (Å²) in [6, 6.07) is 10.1. The first kappa shape index (κ1) is 20.9. The summed E-state index contributed by atoms with van der Waals surface area (Å²) in [5.41, 5.74) is 4.35. The fraction of sp³-hybridized carbons (Fsp3) is 0.476. The summed E-state index contributed by atoms with van der Waals surface area (Å²) in [7, 11) is 0. The number of amides is 1. The standard InChI is InChI=1S/C21H29N5O3/c1-4-29-20(28)14-22-19(27)15-24-10-12-25(13-11-24)21-16(2)23-26(17(21)3)18-8-6-5-7-9-18/h5-9H,4,10-15H2,1-3H3,(H,22,27). The Hall–Kier alpha value is -2.87. The van der Waals surface area contributed by atoms with E-state index in [-0.39, 0.29) is 19.0 Å². The van der Waals surface area contributed by atoms with Crippen molar-refractivity contribution in [3.05, 3.63) is 41.7 Å². The number of aryl methyl sites for hydroxylation is 1. The van der Waals surface area contributed by atoms with Crippen LogP contribution in [0.25, 0.3) is 5.69 Å². The van der Waals surface area contributed by atoms with Crippen LogP contribution in [-0.2, 0) is 14.3 Å². The van der Waals surface area contributed by atoms with Crippen LogP contribution in [0.15, 0.2) is 30.3 Å². The quantitative estimate of drug-likeness (QED) is 0.707. The summed E-state index contributed by atoms with van der Waals surface area (Å²) < 4.78 is 6.81. The maximum atomic E-state index is 12.1. The lowest BCUT2D eigenvalue weighted by Gasteiger charge is -2.35. The number of hydrogen-bond acceptors (Lipinski definition) is 6. The van der Waals surface area contributed by atoms with E-state index in [9.17, 15) is 9.59 Å². The topological polar surface area (TPSA) is 79.7 Å². The summed E-state index contributed by atoms with van der Waals surface area (Å²) in [5.74, 6) is -0.567. The number of ether oxygens (including phenoxy) is 1. The van der Waals surface area contributed by atoms with Crippen LogP contribution < -0.4 is 10.2 Å². The van der Waals surface area contributed by atoms with Crippen molar-refractivity contribution in [1.29, 1.82) is 0 Å². The van der Waals surface area contributed by atoms with Crippen LogP contribution in [0.3, 0.4) is 0 Å². The van der Waals surface area contributed by atoms with E-state index in [1.54, 1.807) is 6.92 Å². The number of anilines is 1. The molecule has 0 spiro atoms. The molecule has 1 aliphatic rings. The van der Waals surface area contributed by atoms with Crippen molar-refractivity contribution in [2.24, 2.45) is 0 Å². The lowest BCUT2D eigenvalue weighted by atomic mass is 10.2. The third-order valence-electron chi connectivity index (χ3n) is 5.04. The molecule has 0 aliphatic carbocycles. The Morgan fingerprint density at radius 1 is 1.10 bits per heavy atom. The van der Waals surface area contributed by atoms with E-state index in [0.717, 1.165) is 43.3 Å². The van der Waals surface area contributed by atoms with Gasteiger partial charge >= 0.3 is 5.97 Å². The normalized spacial score (nSPS) is 14.7. The molecule has 8 nitrogen and oxygen atoms in total. The summed E-state index contributed by atoms with van der Waals surface area (Å²) in [5, 5.41) is 7.35. The van der Waals surface area contributed by atoms with E-state index in [2.05, 4.69) is 34.2 Å². The molecule has 3 rings (SSSR count). The Morgan fingerprint density at radius 2 is 1.79 bits per heavy atom. The Labute approximate surface area is 171 Å². The molecule has 29 heavy (non-hydrogen) atoms. The van der Waals surface area contributed by atoms with Gasteiger partial charge in [-0.15, -0.1) is 0 Å². The highest BCUT2D eigenvalue weighted by molar-refractivity contribution is 5.83. The molecule has 1 fully saturated rings. The SMILES string of the molecule is CCOC(=O)CNC(=O)CN1CCN(c2c(C)nn(-c3ccccc3)c2C)CC1. The molecule has 1 aromatic heterocycles. The fourth-order valence-corrected chi connectivity index (χ4v) is 3.68. The maximum Gasteiger partial charge on any atom is 0.325 e. The first-order chi connectivity index (χ1) is 14.0. The number of carbonyl (C=O) groups is 2. The van der Waals surface area contributed by atoms with Gasteiger partial charge in [0.25, 0.3) is 0 Å². The molecule has 1 saturated heterocycles. The van der Waals surface area contributed by atoms with Crippen LogP contribution >= 0.6 is 0 Å². The highest BCUT2D eigenvalue weighted by atomic mass is 16.5. The van der Waals surface area contributed by atoms with E-state index < -0.39 is 5.97 Å². The van der Waals surface area contributed by atoms with Gasteiger partial charge < -0.3 is 15.0 Å². The predicted octanol–water partition coefficient (Wildman–Crippen LogP) is 1.29. The van der Waals surface area contributed by atoms with Crippen LogP contribution in [-0.4, -0.2) is 72.4 Å². The number of aromatic nitrogens is 2. The predicted molar refractivity (Wildman–Crippen MR) is 111 cm³/mol. The number of esters is 1. The van der Waals surface area contributed by atoms with Gasteiger partial charge in [0.1, 0.15) is 6.54 Å². The van der Waals surface area contributed by atoms with Crippen molar-refractivity contribution in [2.45, 2.75) is 20.8 Å². The number of piperazine rings is 1. The number of para-hydroxylation sites is 1. The summed E-state index contributed by atoms with van der Waals surface area (Å²) in [6.45, 7) is 9.61. The Morgan fingerprint density at radius 3 is 2.45 bits per heavy atom. The third kappa shape index (κ3) is 5.14. The minimum absolute atomic E-state index is 0.0797. The number of benzene rings is 1. The Bertz CT molecular complexity index is 842. The molecule has 156 valence electrons. The zero-order valence-electron chi connectivity index (χ0n) is 17.4. The molecule has 0 saturated carbocycles. The smallest absolute Gasteiger partial charge is 0.325 e. The van der Waals surface area contributed by atoms with Gasteiger partial charge in [-0.25, -0.2) is 4.68 Å². The summed E-state index contributed by atoms with van der Waals surface area (Å²) in [4.78, 5) is 27.8. The highest BCUT2D eigenvalue weighted by Gasteiger charge is 2.24. The van der Waals surface area contributed by atoms with Gasteiger partial charge in [0.05, 0.1) is 35.9 Å². The van der Waals surface area contributed by atoms with Crippen molar-refractivity contribution in [3.63, 3.8) is 0 Å². The van der Waals surface area contributed by atoms with E-state index in [1.165, 1.54) is 5.69 Å². The minimum Gasteiger partial charge on any atom is -0.465 e. The van der Waals surface area contributed by atoms with Crippen molar-refractivity contribution in [2.75, 3.05) is 50.8 Å². The molecule has 1 aliphatic heterocycles. The van der Waals surface area contributed by atoms with Gasteiger partial charge in [-0.1, -0.05) is 18.2 Å². The molecule has 0 unspecified atom stereocenters. The minimum atomic E-state index is -0.410. The molecule has 0 atom stereocenters. The van der Waals surface area contributed by atoms with Gasteiger partial charge in [0.2, 0.25) is 5.91 Å². The third-order valence-corrected chi connectivity index (χ3v) is 5.04. The van der Waals surface area contributed by atoms with Crippen molar-refractivity contribution >= 4 is 17.6 Å². The van der Waals surface area contributed by atoms with Crippen molar-refractivity contribution in [1.82, 2.24) is 20.0 Å². The van der Waals surface area contributed by atoms with Crippen LogP contribution in [0.4, 0.5) is 5.69 Å². The lowest BCUT2D eigenvalue weighted by molar-refractivity contribution is -0.143. The van der Waals surface area contributed by atoms with Crippen LogP contribution in [0.2, 0.25) is 0 Å². The molecule has 1 amide bonds. The molecule has 2 heterocycles. The largest absolute Gasteiger partial charge is 0.465 e. The lowest BCUT2D eigenvalue weighted by Crippen LogP contribution is -2.50. The van der Waals surface area contributed by atoms with Gasteiger partial charge in [-0.2, -0.15) is 5.10 Å². The Balaban J connectivity index is 1.55. The van der Waals surface area contributed by atoms with E-state index in [1.807, 2.05) is 29.8 Å². The highest BCUT2D eigenvalue weighted by Crippen LogP contribution is 2.27. The average Bonchev–Trinajstić information content (AvgIpc) is 3.02. The molecule has 1 aromatic carbocycles. The second-order valence-electron chi connectivity index (χ2n) is 7.11. The molecule has 8 heteroatoms. The zero-order chi connectivity index (χ0) is 20.8. The number of nitrogens with one attached hydrogen (secondary N) is 1. The fourth-order valence-electron chi connectivity index (χ4n) is 3.68. The van der Waals surface area contributed by atoms with E-state index in [4.69, 9.17) is 9.84 Å². The monoisotopic (exact) mass is 399 g/mol. The number of nitrogens with zero attached hydrogens (tertiary/aromatic N) is 4. The van der Waals surface area contributed by atoms with E-state index >= 15 is 0 Å². The van der Waals surface area contributed by atoms with Gasteiger partial charge in [-0.05, 0) is 32.9 Å². The molecule has 1 N–H and O–H groups in total.